The zero-order valence-corrected chi connectivity index (χ0v) is 11.7. The Morgan fingerprint density at radius 1 is 1.39 bits per heavy atom. The Morgan fingerprint density at radius 2 is 2.28 bits per heavy atom. The van der Waals surface area contributed by atoms with E-state index in [2.05, 4.69) is 34.6 Å². The number of aromatic nitrogens is 2. The van der Waals surface area contributed by atoms with E-state index in [1.54, 1.807) is 11.8 Å². The molecule has 4 nitrogen and oxygen atoms in total. The molecule has 0 aliphatic carbocycles. The molecule has 0 radical (unpaired) electrons. The molecule has 1 heterocycles. The van der Waals surface area contributed by atoms with Crippen LogP contribution in [0.4, 0.5) is 10.8 Å². The molecule has 1 aromatic heterocycles. The van der Waals surface area contributed by atoms with Crippen LogP contribution in [0.25, 0.3) is 0 Å². The monoisotopic (exact) mass is 281 g/mol. The van der Waals surface area contributed by atoms with Crippen molar-refractivity contribution >= 4 is 33.9 Å². The van der Waals surface area contributed by atoms with Gasteiger partial charge in [-0.3, -0.25) is 0 Å². The zero-order valence-electron chi connectivity index (χ0n) is 10.1. The lowest BCUT2D eigenvalue weighted by Crippen LogP contribution is -1.89. The number of aryl methyl sites for hydroxylation is 1. The van der Waals surface area contributed by atoms with Gasteiger partial charge in [-0.05, 0) is 31.0 Å². The summed E-state index contributed by atoms with van der Waals surface area (Å²) in [7, 11) is 0. The van der Waals surface area contributed by atoms with Crippen molar-refractivity contribution in [2.24, 2.45) is 0 Å². The quantitative estimate of drug-likeness (QED) is 0.629. The van der Waals surface area contributed by atoms with Crippen molar-refractivity contribution in [2.75, 3.05) is 17.7 Å². The third-order valence-electron chi connectivity index (χ3n) is 2.20. The van der Waals surface area contributed by atoms with E-state index in [0.717, 1.165) is 27.3 Å². The summed E-state index contributed by atoms with van der Waals surface area (Å²) >= 11 is 3.16. The molecule has 0 unspecified atom stereocenters. The molecule has 0 bridgehead atoms. The summed E-state index contributed by atoms with van der Waals surface area (Å²) in [6, 6.07) is 8.14. The SMILES string of the molecule is Cc1cccc(Nc2nnc(SCCCO)s2)c1. The molecule has 2 aromatic rings. The molecule has 0 fully saturated rings. The number of anilines is 2. The normalized spacial score (nSPS) is 10.6. The van der Waals surface area contributed by atoms with Gasteiger partial charge in [-0.15, -0.1) is 10.2 Å². The lowest BCUT2D eigenvalue weighted by molar-refractivity contribution is 0.296. The standard InChI is InChI=1S/C12H15N3OS2/c1-9-4-2-5-10(8-9)13-11-14-15-12(18-11)17-7-3-6-16/h2,4-5,8,16H,3,6-7H2,1H3,(H,13,14). The molecule has 2 rings (SSSR count). The van der Waals surface area contributed by atoms with E-state index in [1.807, 2.05) is 12.1 Å². The molecule has 96 valence electrons. The van der Waals surface area contributed by atoms with E-state index in [9.17, 15) is 0 Å². The first-order valence-corrected chi connectivity index (χ1v) is 7.49. The molecule has 0 atom stereocenters. The van der Waals surface area contributed by atoms with Crippen molar-refractivity contribution in [1.82, 2.24) is 10.2 Å². The largest absolute Gasteiger partial charge is 0.396 e. The highest BCUT2D eigenvalue weighted by molar-refractivity contribution is 8.01. The van der Waals surface area contributed by atoms with Crippen LogP contribution >= 0.6 is 23.1 Å². The number of hydrogen-bond acceptors (Lipinski definition) is 6. The van der Waals surface area contributed by atoms with E-state index < -0.39 is 0 Å². The van der Waals surface area contributed by atoms with Crippen LogP contribution < -0.4 is 5.32 Å². The van der Waals surface area contributed by atoms with Crippen molar-refractivity contribution in [2.45, 2.75) is 17.7 Å². The second-order valence-corrected chi connectivity index (χ2v) is 6.11. The molecule has 6 heteroatoms. The fraction of sp³-hybridized carbons (Fsp3) is 0.333. The number of hydrogen-bond donors (Lipinski definition) is 2. The van der Waals surface area contributed by atoms with Crippen molar-refractivity contribution < 1.29 is 5.11 Å². The molecular formula is C12H15N3OS2. The van der Waals surface area contributed by atoms with Gasteiger partial charge in [0.05, 0.1) is 0 Å². The number of thioether (sulfide) groups is 1. The Bertz CT molecular complexity index is 502. The van der Waals surface area contributed by atoms with E-state index in [4.69, 9.17) is 5.11 Å². The van der Waals surface area contributed by atoms with Crippen molar-refractivity contribution in [3.8, 4) is 0 Å². The summed E-state index contributed by atoms with van der Waals surface area (Å²) in [6.07, 6.45) is 0.783. The fourth-order valence-electron chi connectivity index (χ4n) is 1.39. The summed E-state index contributed by atoms with van der Waals surface area (Å²) in [5.41, 5.74) is 2.24. The predicted molar refractivity (Wildman–Crippen MR) is 76.8 cm³/mol. The van der Waals surface area contributed by atoms with Crippen LogP contribution in [0.3, 0.4) is 0 Å². The summed E-state index contributed by atoms with van der Waals surface area (Å²) in [4.78, 5) is 0. The van der Waals surface area contributed by atoms with Crippen molar-refractivity contribution in [1.29, 1.82) is 0 Å². The van der Waals surface area contributed by atoms with Gasteiger partial charge >= 0.3 is 0 Å². The first-order valence-electron chi connectivity index (χ1n) is 5.69. The molecule has 2 N–H and O–H groups in total. The van der Waals surface area contributed by atoms with Gasteiger partial charge in [0.1, 0.15) is 0 Å². The van der Waals surface area contributed by atoms with Gasteiger partial charge in [-0.2, -0.15) is 0 Å². The Morgan fingerprint density at radius 3 is 3.06 bits per heavy atom. The van der Waals surface area contributed by atoms with Crippen LogP contribution in [0.2, 0.25) is 0 Å². The van der Waals surface area contributed by atoms with E-state index in [0.29, 0.717) is 0 Å². The van der Waals surface area contributed by atoms with Crippen molar-refractivity contribution in [3.05, 3.63) is 29.8 Å². The number of aliphatic hydroxyl groups excluding tert-OH is 1. The third-order valence-corrected chi connectivity index (χ3v) is 4.26. The predicted octanol–water partition coefficient (Wildman–Crippen LogP) is 3.06. The maximum Gasteiger partial charge on any atom is 0.210 e. The Labute approximate surface area is 114 Å². The Balaban J connectivity index is 1.94. The van der Waals surface area contributed by atoms with Crippen LogP contribution in [0, 0.1) is 6.92 Å². The highest BCUT2D eigenvalue weighted by Crippen LogP contribution is 2.28. The summed E-state index contributed by atoms with van der Waals surface area (Å²) in [5.74, 6) is 0.871. The minimum Gasteiger partial charge on any atom is -0.396 e. The van der Waals surface area contributed by atoms with Crippen molar-refractivity contribution in [3.63, 3.8) is 0 Å². The van der Waals surface area contributed by atoms with Crippen LogP contribution in [-0.4, -0.2) is 27.7 Å². The van der Waals surface area contributed by atoms with Crippen LogP contribution in [0.15, 0.2) is 28.6 Å². The summed E-state index contributed by atoms with van der Waals surface area (Å²) in [6.45, 7) is 2.28. The number of aliphatic hydroxyl groups is 1. The van der Waals surface area contributed by atoms with Gasteiger partial charge in [0.25, 0.3) is 0 Å². The highest BCUT2D eigenvalue weighted by atomic mass is 32.2. The summed E-state index contributed by atoms with van der Waals surface area (Å²) < 4.78 is 0.929. The first kappa shape index (κ1) is 13.3. The average molecular weight is 281 g/mol. The van der Waals surface area contributed by atoms with Crippen LogP contribution in [0.1, 0.15) is 12.0 Å². The van der Waals surface area contributed by atoms with Gasteiger partial charge in [0, 0.05) is 18.0 Å². The Kier molecular flexibility index (Phi) is 4.98. The van der Waals surface area contributed by atoms with E-state index in [-0.39, 0.29) is 6.61 Å². The molecule has 18 heavy (non-hydrogen) atoms. The first-order chi connectivity index (χ1) is 8.78. The lowest BCUT2D eigenvalue weighted by Gasteiger charge is -2.01. The zero-order chi connectivity index (χ0) is 12.8. The van der Waals surface area contributed by atoms with Gasteiger partial charge in [0.2, 0.25) is 5.13 Å². The maximum atomic E-state index is 8.71. The molecule has 0 aliphatic rings. The second-order valence-electron chi connectivity index (χ2n) is 3.79. The summed E-state index contributed by atoms with van der Waals surface area (Å²) in [5, 5.41) is 20.9. The van der Waals surface area contributed by atoms with Crippen LogP contribution in [0.5, 0.6) is 0 Å². The molecule has 0 aliphatic heterocycles. The molecule has 1 aromatic carbocycles. The average Bonchev–Trinajstić information content (AvgIpc) is 2.77. The number of rotatable bonds is 6. The van der Waals surface area contributed by atoms with E-state index in [1.165, 1.54) is 16.9 Å². The molecule has 0 saturated carbocycles. The maximum absolute atomic E-state index is 8.71. The van der Waals surface area contributed by atoms with Gasteiger partial charge < -0.3 is 10.4 Å². The Hall–Kier alpha value is -1.11. The van der Waals surface area contributed by atoms with Gasteiger partial charge in [-0.25, -0.2) is 0 Å². The lowest BCUT2D eigenvalue weighted by atomic mass is 10.2. The minimum atomic E-state index is 0.222. The smallest absolute Gasteiger partial charge is 0.210 e. The fourth-order valence-corrected chi connectivity index (χ4v) is 3.16. The topological polar surface area (TPSA) is 58.0 Å². The third kappa shape index (κ3) is 3.97. The molecule has 0 saturated heterocycles. The highest BCUT2D eigenvalue weighted by Gasteiger charge is 2.04. The minimum absolute atomic E-state index is 0.222. The number of nitrogens with zero attached hydrogens (tertiary/aromatic N) is 2. The molecule has 0 spiro atoms. The molecular weight excluding hydrogens is 266 g/mol. The number of nitrogens with one attached hydrogen (secondary N) is 1. The van der Waals surface area contributed by atoms with E-state index >= 15 is 0 Å². The second kappa shape index (κ2) is 6.72. The van der Waals surface area contributed by atoms with Gasteiger partial charge in [0.15, 0.2) is 4.34 Å². The van der Waals surface area contributed by atoms with Crippen LogP contribution in [-0.2, 0) is 0 Å². The number of benzene rings is 1. The molecule has 0 amide bonds. The van der Waals surface area contributed by atoms with Gasteiger partial charge in [-0.1, -0.05) is 35.2 Å².